The molecule has 0 aliphatic rings. The maximum absolute atomic E-state index is 8.99. The minimum atomic E-state index is -0.0874. The smallest absolute Gasteiger partial charge is 0.142 e. The van der Waals surface area contributed by atoms with E-state index in [1.54, 1.807) is 13.2 Å². The fraction of sp³-hybridized carbons (Fsp3) is 0.375. The zero-order chi connectivity index (χ0) is 15.1. The molecular weight excluding hydrogens is 270 g/mol. The van der Waals surface area contributed by atoms with Crippen LogP contribution in [0.2, 0.25) is 0 Å². The molecule has 0 fully saturated rings. The lowest BCUT2D eigenvalue weighted by Crippen LogP contribution is -2.07. The first-order chi connectivity index (χ1) is 10.2. The van der Waals surface area contributed by atoms with E-state index in [1.807, 2.05) is 31.2 Å². The summed E-state index contributed by atoms with van der Waals surface area (Å²) in [5.74, 6) is 2.12. The highest BCUT2D eigenvalue weighted by atomic mass is 16.5. The van der Waals surface area contributed by atoms with Crippen molar-refractivity contribution in [3.05, 3.63) is 47.4 Å². The van der Waals surface area contributed by atoms with Crippen molar-refractivity contribution in [2.45, 2.75) is 20.1 Å². The minimum Gasteiger partial charge on any atom is -0.489 e. The molecule has 1 heterocycles. The number of aliphatic hydroxyl groups excluding tert-OH is 1. The maximum Gasteiger partial charge on any atom is 0.142 e. The third-order valence-corrected chi connectivity index (χ3v) is 3.01. The van der Waals surface area contributed by atoms with Crippen molar-refractivity contribution in [2.75, 3.05) is 25.6 Å². The molecule has 0 atom stereocenters. The number of furan rings is 1. The van der Waals surface area contributed by atoms with Gasteiger partial charge in [-0.05, 0) is 36.8 Å². The van der Waals surface area contributed by atoms with Gasteiger partial charge in [-0.1, -0.05) is 6.07 Å². The summed E-state index contributed by atoms with van der Waals surface area (Å²) in [4.78, 5) is 0. The third kappa shape index (κ3) is 4.51. The van der Waals surface area contributed by atoms with E-state index in [1.165, 1.54) is 0 Å². The average Bonchev–Trinajstić information content (AvgIpc) is 2.95. The zero-order valence-electron chi connectivity index (χ0n) is 12.4. The van der Waals surface area contributed by atoms with Crippen LogP contribution in [0.15, 0.2) is 34.7 Å². The number of benzene rings is 1. The number of aryl methyl sites for hydroxylation is 1. The molecule has 0 bridgehead atoms. The van der Waals surface area contributed by atoms with Gasteiger partial charge in [-0.15, -0.1) is 0 Å². The molecule has 2 rings (SSSR count). The lowest BCUT2D eigenvalue weighted by molar-refractivity contribution is 0.146. The molecule has 2 N–H and O–H groups in total. The van der Waals surface area contributed by atoms with Gasteiger partial charge in [0.05, 0.1) is 18.8 Å². The number of ether oxygens (including phenoxy) is 2. The number of anilines is 1. The summed E-state index contributed by atoms with van der Waals surface area (Å²) < 4.78 is 16.2. The molecule has 0 unspecified atom stereocenters. The van der Waals surface area contributed by atoms with Gasteiger partial charge in [0.1, 0.15) is 30.5 Å². The van der Waals surface area contributed by atoms with Gasteiger partial charge in [-0.3, -0.25) is 0 Å². The van der Waals surface area contributed by atoms with Crippen LogP contribution in [0.4, 0.5) is 5.69 Å². The van der Waals surface area contributed by atoms with Crippen LogP contribution in [-0.2, 0) is 17.9 Å². The van der Waals surface area contributed by atoms with Gasteiger partial charge in [0.25, 0.3) is 0 Å². The van der Waals surface area contributed by atoms with E-state index in [2.05, 4.69) is 5.32 Å². The van der Waals surface area contributed by atoms with Crippen LogP contribution in [0.25, 0.3) is 0 Å². The molecule has 0 saturated carbocycles. The third-order valence-electron chi connectivity index (χ3n) is 3.01. The molecule has 0 amide bonds. The highest BCUT2D eigenvalue weighted by molar-refractivity contribution is 5.57. The molecule has 1 aromatic carbocycles. The fourth-order valence-electron chi connectivity index (χ4n) is 1.91. The first kappa shape index (κ1) is 15.4. The summed E-state index contributed by atoms with van der Waals surface area (Å²) in [6.07, 6.45) is 0. The van der Waals surface area contributed by atoms with Crippen molar-refractivity contribution >= 4 is 5.69 Å². The number of aliphatic hydroxyl groups is 1. The second-order valence-electron chi connectivity index (χ2n) is 4.72. The Morgan fingerprint density at radius 2 is 1.95 bits per heavy atom. The summed E-state index contributed by atoms with van der Waals surface area (Å²) in [7, 11) is 1.65. The number of methoxy groups -OCH3 is 1. The second-order valence-corrected chi connectivity index (χ2v) is 4.72. The number of hydrogen-bond donors (Lipinski definition) is 2. The zero-order valence-corrected chi connectivity index (χ0v) is 12.4. The van der Waals surface area contributed by atoms with Crippen molar-refractivity contribution in [1.29, 1.82) is 0 Å². The monoisotopic (exact) mass is 291 g/mol. The molecule has 0 aliphatic carbocycles. The number of rotatable bonds is 8. The Hall–Kier alpha value is -1.98. The van der Waals surface area contributed by atoms with Crippen LogP contribution in [0.3, 0.4) is 0 Å². The Bertz CT molecular complexity index is 565. The molecule has 0 saturated heterocycles. The second kappa shape index (κ2) is 7.71. The molecule has 5 heteroatoms. The molecule has 2 aromatic rings. The first-order valence-corrected chi connectivity index (χ1v) is 6.87. The largest absolute Gasteiger partial charge is 0.489 e. The topological polar surface area (TPSA) is 63.9 Å². The van der Waals surface area contributed by atoms with Crippen molar-refractivity contribution in [3.8, 4) is 5.75 Å². The molecule has 21 heavy (non-hydrogen) atoms. The number of hydrogen-bond acceptors (Lipinski definition) is 5. The van der Waals surface area contributed by atoms with Gasteiger partial charge >= 0.3 is 0 Å². The van der Waals surface area contributed by atoms with Gasteiger partial charge in [0.2, 0.25) is 0 Å². The van der Waals surface area contributed by atoms with Crippen LogP contribution < -0.4 is 10.1 Å². The summed E-state index contributed by atoms with van der Waals surface area (Å²) in [6.45, 7) is 3.52. The lowest BCUT2D eigenvalue weighted by atomic mass is 10.2. The van der Waals surface area contributed by atoms with Crippen LogP contribution in [0.1, 0.15) is 17.1 Å². The van der Waals surface area contributed by atoms with Gasteiger partial charge in [-0.2, -0.15) is 0 Å². The summed E-state index contributed by atoms with van der Waals surface area (Å²) in [6, 6.07) is 9.60. The molecular formula is C16H21NO4. The summed E-state index contributed by atoms with van der Waals surface area (Å²) >= 11 is 0. The predicted octanol–water partition coefficient (Wildman–Crippen LogP) is 2.72. The summed E-state index contributed by atoms with van der Waals surface area (Å²) in [5, 5.41) is 12.3. The highest BCUT2D eigenvalue weighted by Crippen LogP contribution is 2.26. The van der Waals surface area contributed by atoms with Gasteiger partial charge in [0.15, 0.2) is 0 Å². The van der Waals surface area contributed by atoms with E-state index in [0.717, 1.165) is 22.8 Å². The molecule has 114 valence electrons. The SMILES string of the molecule is COCCOc1cc(C)ccc1NCc1ccc(CO)o1. The minimum absolute atomic E-state index is 0.0874. The number of nitrogens with one attached hydrogen (secondary N) is 1. The van der Waals surface area contributed by atoms with Crippen LogP contribution in [0, 0.1) is 6.92 Å². The Morgan fingerprint density at radius 3 is 2.67 bits per heavy atom. The average molecular weight is 291 g/mol. The standard InChI is InChI=1S/C16H21NO4/c1-12-3-6-15(16(9-12)20-8-7-19-2)17-10-13-4-5-14(11-18)21-13/h3-6,9,17-18H,7-8,10-11H2,1-2H3. The lowest BCUT2D eigenvalue weighted by Gasteiger charge is -2.13. The molecule has 0 aliphatic heterocycles. The van der Waals surface area contributed by atoms with Crippen molar-refractivity contribution in [1.82, 2.24) is 0 Å². The van der Waals surface area contributed by atoms with E-state index in [9.17, 15) is 0 Å². The molecule has 5 nitrogen and oxygen atoms in total. The fourth-order valence-corrected chi connectivity index (χ4v) is 1.91. The van der Waals surface area contributed by atoms with Crippen LogP contribution >= 0.6 is 0 Å². The molecule has 1 aromatic heterocycles. The van der Waals surface area contributed by atoms with E-state index in [4.69, 9.17) is 19.0 Å². The molecule has 0 radical (unpaired) electrons. The quantitative estimate of drug-likeness (QED) is 0.732. The van der Waals surface area contributed by atoms with Gasteiger partial charge < -0.3 is 24.3 Å². The Morgan fingerprint density at radius 1 is 1.14 bits per heavy atom. The van der Waals surface area contributed by atoms with Crippen molar-refractivity contribution in [2.24, 2.45) is 0 Å². The van der Waals surface area contributed by atoms with E-state index >= 15 is 0 Å². The summed E-state index contributed by atoms with van der Waals surface area (Å²) in [5.41, 5.74) is 2.03. The maximum atomic E-state index is 8.99. The van der Waals surface area contributed by atoms with Crippen molar-refractivity contribution in [3.63, 3.8) is 0 Å². The Labute approximate surface area is 124 Å². The Balaban J connectivity index is 2.00. The van der Waals surface area contributed by atoms with Gasteiger partial charge in [-0.25, -0.2) is 0 Å². The Kier molecular flexibility index (Phi) is 5.66. The van der Waals surface area contributed by atoms with E-state index in [0.29, 0.717) is 25.5 Å². The van der Waals surface area contributed by atoms with E-state index in [-0.39, 0.29) is 6.61 Å². The predicted molar refractivity (Wildman–Crippen MR) is 80.5 cm³/mol. The van der Waals surface area contributed by atoms with Gasteiger partial charge in [0, 0.05) is 7.11 Å². The van der Waals surface area contributed by atoms with E-state index < -0.39 is 0 Å². The first-order valence-electron chi connectivity index (χ1n) is 6.87. The highest BCUT2D eigenvalue weighted by Gasteiger charge is 2.06. The van der Waals surface area contributed by atoms with Crippen LogP contribution in [0.5, 0.6) is 5.75 Å². The van der Waals surface area contributed by atoms with Crippen LogP contribution in [-0.4, -0.2) is 25.4 Å². The molecule has 0 spiro atoms. The normalized spacial score (nSPS) is 10.6. The van der Waals surface area contributed by atoms with Crippen molar-refractivity contribution < 1.29 is 19.0 Å².